The van der Waals surface area contributed by atoms with Gasteiger partial charge in [-0.3, -0.25) is 9.69 Å². The lowest BCUT2D eigenvalue weighted by Crippen LogP contribution is -2.31. The predicted molar refractivity (Wildman–Crippen MR) is 154 cm³/mol. The summed E-state index contributed by atoms with van der Waals surface area (Å²) in [7, 11) is 0. The van der Waals surface area contributed by atoms with E-state index in [2.05, 4.69) is 24.5 Å². The van der Waals surface area contributed by atoms with Gasteiger partial charge in [0.25, 0.3) is 0 Å². The maximum Gasteiger partial charge on any atom is 0.573 e. The van der Waals surface area contributed by atoms with Crippen LogP contribution in [0.2, 0.25) is 5.02 Å². The van der Waals surface area contributed by atoms with E-state index in [9.17, 15) is 40.3 Å². The van der Waals surface area contributed by atoms with E-state index in [1.165, 1.54) is 47.4 Å². The van der Waals surface area contributed by atoms with Crippen LogP contribution in [0.4, 0.5) is 41.2 Å². The molecule has 5 rings (SSSR count). The number of anilines is 1. The highest BCUT2D eigenvalue weighted by atomic mass is 35.5. The lowest BCUT2D eigenvalue weighted by atomic mass is 10.1. The maximum absolute atomic E-state index is 14.9. The van der Waals surface area contributed by atoms with E-state index in [0.717, 1.165) is 47.0 Å². The van der Waals surface area contributed by atoms with E-state index in [1.54, 1.807) is 0 Å². The van der Waals surface area contributed by atoms with Crippen LogP contribution in [0.25, 0.3) is 17.1 Å². The van der Waals surface area contributed by atoms with Crippen molar-refractivity contribution in [3.8, 4) is 28.6 Å². The largest absolute Gasteiger partial charge is 0.573 e. The number of hydrogen-bond acceptors (Lipinski definition) is 8. The molecule has 246 valence electrons. The second-order valence-corrected chi connectivity index (χ2v) is 10.7. The molecule has 4 aromatic rings. The Morgan fingerprint density at radius 3 is 2.32 bits per heavy atom. The monoisotopic (exact) mass is 703 g/mol. The van der Waals surface area contributed by atoms with Gasteiger partial charge in [-0.05, 0) is 48.0 Å². The summed E-state index contributed by atoms with van der Waals surface area (Å²) in [4.78, 5) is 33.4. The minimum Gasteiger partial charge on any atom is -0.444 e. The van der Waals surface area contributed by atoms with E-state index >= 15 is 0 Å². The minimum atomic E-state index is -5.09. The first kappa shape index (κ1) is 33.5. The SMILES string of the molecule is O=C(/N=C1\SCC(=O)N1c1cc(Cl)ccc1OC(F)(F)F)OCC(F)c1ccc(-c2ncn(-c3ccc(OC(F)(F)F)cc3)n2)cc1. The summed E-state index contributed by atoms with van der Waals surface area (Å²) in [6.07, 6.45) is -11.7. The molecule has 1 saturated heterocycles. The zero-order chi connectivity index (χ0) is 33.9. The Morgan fingerprint density at radius 2 is 1.66 bits per heavy atom. The number of carbonyl (C=O) groups excluding carboxylic acids is 2. The van der Waals surface area contributed by atoms with Gasteiger partial charge in [0.2, 0.25) is 5.91 Å². The third-order valence-corrected chi connectivity index (χ3v) is 7.21. The van der Waals surface area contributed by atoms with Gasteiger partial charge in [-0.2, -0.15) is 4.99 Å². The van der Waals surface area contributed by atoms with Crippen molar-refractivity contribution in [1.82, 2.24) is 14.8 Å². The quantitative estimate of drug-likeness (QED) is 0.172. The van der Waals surface area contributed by atoms with Crippen molar-refractivity contribution in [2.75, 3.05) is 17.3 Å². The summed E-state index contributed by atoms with van der Waals surface area (Å²) < 4.78 is 105. The van der Waals surface area contributed by atoms with Crippen molar-refractivity contribution >= 4 is 46.2 Å². The molecule has 0 radical (unpaired) electrons. The number of aromatic nitrogens is 3. The number of rotatable bonds is 8. The molecule has 3 aromatic carbocycles. The van der Waals surface area contributed by atoms with Crippen LogP contribution in [0.15, 0.2) is 78.0 Å². The molecule has 0 saturated carbocycles. The molecular weight excluding hydrogens is 687 g/mol. The summed E-state index contributed by atoms with van der Waals surface area (Å²) in [5, 5.41) is 3.91. The Labute approximate surface area is 268 Å². The highest BCUT2D eigenvalue weighted by Crippen LogP contribution is 2.39. The van der Waals surface area contributed by atoms with E-state index in [4.69, 9.17) is 16.3 Å². The summed E-state index contributed by atoms with van der Waals surface area (Å²) in [6.45, 7) is -0.784. The van der Waals surface area contributed by atoms with Crippen molar-refractivity contribution < 1.29 is 54.5 Å². The van der Waals surface area contributed by atoms with Gasteiger partial charge in [0.15, 0.2) is 22.9 Å². The molecule has 0 spiro atoms. The number of benzene rings is 3. The molecule has 1 aliphatic heterocycles. The van der Waals surface area contributed by atoms with Crippen molar-refractivity contribution in [3.05, 3.63) is 83.6 Å². The number of aliphatic imine (C=N–C) groups is 1. The molecule has 1 unspecified atom stereocenters. The van der Waals surface area contributed by atoms with Gasteiger partial charge in [-0.1, -0.05) is 47.6 Å². The number of ether oxygens (including phenoxy) is 3. The van der Waals surface area contributed by atoms with Crippen LogP contribution in [0.1, 0.15) is 11.7 Å². The minimum absolute atomic E-state index is 0.0234. The first-order valence-corrected chi connectivity index (χ1v) is 14.3. The number of hydrogen-bond donors (Lipinski definition) is 0. The molecule has 0 aliphatic carbocycles. The maximum atomic E-state index is 14.9. The van der Waals surface area contributed by atoms with E-state index < -0.39 is 54.7 Å². The second-order valence-electron chi connectivity index (χ2n) is 9.29. The fourth-order valence-electron chi connectivity index (χ4n) is 4.07. The van der Waals surface area contributed by atoms with Crippen molar-refractivity contribution in [3.63, 3.8) is 0 Å². The number of nitrogens with zero attached hydrogens (tertiary/aromatic N) is 5. The Kier molecular flexibility index (Phi) is 9.62. The molecule has 47 heavy (non-hydrogen) atoms. The number of alkyl halides is 7. The molecule has 1 aromatic heterocycles. The van der Waals surface area contributed by atoms with Crippen LogP contribution in [-0.4, -0.2) is 57.0 Å². The van der Waals surface area contributed by atoms with Crippen molar-refractivity contribution in [1.29, 1.82) is 0 Å². The van der Waals surface area contributed by atoms with Crippen LogP contribution in [0, 0.1) is 0 Å². The van der Waals surface area contributed by atoms with Gasteiger partial charge in [-0.15, -0.1) is 31.4 Å². The fraction of sp³-hybridized carbons (Fsp3) is 0.179. The number of thioether (sulfide) groups is 1. The third-order valence-electron chi connectivity index (χ3n) is 6.05. The summed E-state index contributed by atoms with van der Waals surface area (Å²) >= 11 is 6.65. The van der Waals surface area contributed by atoms with E-state index in [-0.39, 0.29) is 27.3 Å². The zero-order valence-electron chi connectivity index (χ0n) is 23.1. The van der Waals surface area contributed by atoms with Crippen molar-refractivity contribution in [2.24, 2.45) is 4.99 Å². The summed E-state index contributed by atoms with van der Waals surface area (Å²) in [5.74, 6) is -1.93. The highest BCUT2D eigenvalue weighted by molar-refractivity contribution is 8.15. The number of amides is 2. The fourth-order valence-corrected chi connectivity index (χ4v) is 5.09. The number of amidine groups is 1. The van der Waals surface area contributed by atoms with Gasteiger partial charge in [0.1, 0.15) is 18.7 Å². The molecule has 1 fully saturated rings. The average Bonchev–Trinajstić information content (AvgIpc) is 3.63. The average molecular weight is 704 g/mol. The van der Waals surface area contributed by atoms with Crippen LogP contribution < -0.4 is 14.4 Å². The Morgan fingerprint density at radius 1 is 0.979 bits per heavy atom. The van der Waals surface area contributed by atoms with E-state index in [1.807, 2.05) is 0 Å². The first-order chi connectivity index (χ1) is 22.1. The Hall–Kier alpha value is -4.84. The Balaban J connectivity index is 1.21. The van der Waals surface area contributed by atoms with Crippen molar-refractivity contribution in [2.45, 2.75) is 18.9 Å². The van der Waals surface area contributed by atoms with Gasteiger partial charge in [-0.25, -0.2) is 18.9 Å². The predicted octanol–water partition coefficient (Wildman–Crippen LogP) is 7.67. The molecule has 1 aliphatic rings. The van der Waals surface area contributed by atoms with Gasteiger partial charge in [0, 0.05) is 10.6 Å². The van der Waals surface area contributed by atoms with E-state index in [0.29, 0.717) is 11.3 Å². The normalized spacial score (nSPS) is 15.2. The number of halogens is 8. The lowest BCUT2D eigenvalue weighted by Gasteiger charge is -2.20. The van der Waals surface area contributed by atoms with Gasteiger partial charge < -0.3 is 14.2 Å². The topological polar surface area (TPSA) is 108 Å². The highest BCUT2D eigenvalue weighted by Gasteiger charge is 2.37. The molecule has 0 bridgehead atoms. The second kappa shape index (κ2) is 13.5. The third kappa shape index (κ3) is 8.70. The summed E-state index contributed by atoms with van der Waals surface area (Å²) in [6, 6.07) is 13.7. The van der Waals surface area contributed by atoms with Crippen LogP contribution in [-0.2, 0) is 9.53 Å². The molecule has 10 nitrogen and oxygen atoms in total. The van der Waals surface area contributed by atoms with Crippen LogP contribution in [0.3, 0.4) is 0 Å². The smallest absolute Gasteiger partial charge is 0.444 e. The first-order valence-electron chi connectivity index (χ1n) is 12.9. The summed E-state index contributed by atoms with van der Waals surface area (Å²) in [5.41, 5.74) is 0.565. The van der Waals surface area contributed by atoms with Gasteiger partial charge >= 0.3 is 18.8 Å². The standard InChI is InChI=1S/C28H17ClF7N5O5S/c29-17-5-10-22(46-28(34,35)36)21(11-17)41-23(42)13-47-25(41)38-26(43)44-12-20(30)15-1-3-16(4-2-15)24-37-14-40(39-24)18-6-8-19(9-7-18)45-27(31,32)33/h1-11,14,20H,12-13H2/b38-25-. The Bertz CT molecular complexity index is 1800. The van der Waals surface area contributed by atoms with Crippen LogP contribution >= 0.6 is 23.4 Å². The zero-order valence-corrected chi connectivity index (χ0v) is 24.7. The number of carbonyl (C=O) groups is 2. The molecule has 19 heteroatoms. The molecule has 2 heterocycles. The van der Waals surface area contributed by atoms with Crippen LogP contribution in [0.5, 0.6) is 11.5 Å². The van der Waals surface area contributed by atoms with Gasteiger partial charge in [0.05, 0.1) is 17.1 Å². The molecule has 0 N–H and O–H groups in total. The molecule has 1 atom stereocenters. The lowest BCUT2D eigenvalue weighted by molar-refractivity contribution is -0.275. The molecule has 2 amide bonds. The molecular formula is C28H17ClF7N5O5S.